The second kappa shape index (κ2) is 4.69. The number of hydrogen-bond donors (Lipinski definition) is 0. The summed E-state index contributed by atoms with van der Waals surface area (Å²) in [4.78, 5) is 13.5. The predicted molar refractivity (Wildman–Crippen MR) is 67.1 cm³/mol. The van der Waals surface area contributed by atoms with Crippen LogP contribution in [0.15, 0.2) is 11.6 Å². The molecule has 0 N–H and O–H groups in total. The van der Waals surface area contributed by atoms with Gasteiger partial charge in [0.2, 0.25) is 5.91 Å². The molecule has 1 rings (SSSR count). The highest BCUT2D eigenvalue weighted by Crippen LogP contribution is 2.30. The fraction of sp³-hybridized carbons (Fsp3) is 0.750. The number of rotatable bonds is 1. The summed E-state index contributed by atoms with van der Waals surface area (Å²) >= 11 is 3.32. The largest absolute Gasteiger partial charge is 0.338 e. The van der Waals surface area contributed by atoms with E-state index in [2.05, 4.69) is 42.8 Å². The van der Waals surface area contributed by atoms with Crippen LogP contribution in [-0.2, 0) is 4.79 Å². The Morgan fingerprint density at radius 2 is 2.13 bits per heavy atom. The van der Waals surface area contributed by atoms with Gasteiger partial charge >= 0.3 is 0 Å². The van der Waals surface area contributed by atoms with Crippen molar-refractivity contribution >= 4 is 21.8 Å². The predicted octanol–water partition coefficient (Wildman–Crippen LogP) is 2.97. The van der Waals surface area contributed by atoms with Gasteiger partial charge in [-0.05, 0) is 18.8 Å². The van der Waals surface area contributed by atoms with Gasteiger partial charge < -0.3 is 4.90 Å². The summed E-state index contributed by atoms with van der Waals surface area (Å²) in [5.41, 5.74) is 1.71. The average Bonchev–Trinajstić information content (AvgIpc) is 2.15. The molecule has 0 aromatic carbocycles. The summed E-state index contributed by atoms with van der Waals surface area (Å²) in [5.74, 6) is 0.194. The molecule has 0 saturated heterocycles. The van der Waals surface area contributed by atoms with Gasteiger partial charge in [0, 0.05) is 13.1 Å². The number of alkyl halides is 1. The third-order valence-corrected chi connectivity index (χ3v) is 3.22. The van der Waals surface area contributed by atoms with Gasteiger partial charge in [0.25, 0.3) is 0 Å². The molecule has 0 bridgehead atoms. The molecule has 0 spiro atoms. The van der Waals surface area contributed by atoms with E-state index in [1.165, 1.54) is 5.57 Å². The SMILES string of the molecule is CC(Br)C(=O)N1CC=C(C(C)(C)C)CC1. The summed E-state index contributed by atoms with van der Waals surface area (Å²) in [6.07, 6.45) is 3.21. The first-order valence-corrected chi connectivity index (χ1v) is 6.36. The van der Waals surface area contributed by atoms with E-state index in [-0.39, 0.29) is 16.1 Å². The average molecular weight is 274 g/mol. The molecule has 1 aliphatic heterocycles. The molecular formula is C12H20BrNO. The Labute approximate surface area is 101 Å². The van der Waals surface area contributed by atoms with Gasteiger partial charge in [0.05, 0.1) is 4.83 Å². The highest BCUT2D eigenvalue weighted by atomic mass is 79.9. The first-order chi connectivity index (χ1) is 6.82. The van der Waals surface area contributed by atoms with Gasteiger partial charge in [-0.25, -0.2) is 0 Å². The molecule has 1 atom stereocenters. The van der Waals surface area contributed by atoms with Gasteiger partial charge in [-0.15, -0.1) is 0 Å². The summed E-state index contributed by atoms with van der Waals surface area (Å²) < 4.78 is 0. The summed E-state index contributed by atoms with van der Waals surface area (Å²) in [6, 6.07) is 0. The lowest BCUT2D eigenvalue weighted by Gasteiger charge is -2.32. The first-order valence-electron chi connectivity index (χ1n) is 5.44. The van der Waals surface area contributed by atoms with Crippen LogP contribution in [0.4, 0.5) is 0 Å². The molecule has 0 radical (unpaired) electrons. The Morgan fingerprint density at radius 1 is 1.53 bits per heavy atom. The lowest BCUT2D eigenvalue weighted by atomic mass is 9.83. The van der Waals surface area contributed by atoms with Crippen molar-refractivity contribution in [2.24, 2.45) is 5.41 Å². The van der Waals surface area contributed by atoms with Gasteiger partial charge in [0.1, 0.15) is 0 Å². The van der Waals surface area contributed by atoms with Crippen LogP contribution in [0.2, 0.25) is 0 Å². The van der Waals surface area contributed by atoms with Gasteiger partial charge in [0.15, 0.2) is 0 Å². The zero-order valence-corrected chi connectivity index (χ0v) is 11.6. The van der Waals surface area contributed by atoms with Crippen molar-refractivity contribution in [2.45, 2.75) is 38.9 Å². The maximum Gasteiger partial charge on any atom is 0.236 e. The van der Waals surface area contributed by atoms with E-state index in [4.69, 9.17) is 0 Å². The van der Waals surface area contributed by atoms with Crippen LogP contribution in [0.3, 0.4) is 0 Å². The van der Waals surface area contributed by atoms with Crippen molar-refractivity contribution in [1.82, 2.24) is 4.90 Å². The van der Waals surface area contributed by atoms with E-state index in [1.54, 1.807) is 0 Å². The molecular weight excluding hydrogens is 254 g/mol. The summed E-state index contributed by atoms with van der Waals surface area (Å²) in [6.45, 7) is 10.2. The van der Waals surface area contributed by atoms with E-state index in [9.17, 15) is 4.79 Å². The molecule has 2 nitrogen and oxygen atoms in total. The molecule has 0 aromatic heterocycles. The van der Waals surface area contributed by atoms with E-state index in [0.717, 1.165) is 19.5 Å². The molecule has 0 saturated carbocycles. The zero-order chi connectivity index (χ0) is 11.6. The standard InChI is InChI=1S/C12H20BrNO/c1-9(13)11(15)14-7-5-10(6-8-14)12(2,3)4/h5,9H,6-8H2,1-4H3. The first kappa shape index (κ1) is 12.8. The van der Waals surface area contributed by atoms with Crippen molar-refractivity contribution in [2.75, 3.05) is 13.1 Å². The fourth-order valence-electron chi connectivity index (χ4n) is 1.80. The topological polar surface area (TPSA) is 20.3 Å². The van der Waals surface area contributed by atoms with Crippen molar-refractivity contribution in [3.63, 3.8) is 0 Å². The molecule has 15 heavy (non-hydrogen) atoms. The Kier molecular flexibility index (Phi) is 3.99. The number of nitrogens with zero attached hydrogens (tertiary/aromatic N) is 1. The van der Waals surface area contributed by atoms with E-state index < -0.39 is 0 Å². The lowest BCUT2D eigenvalue weighted by molar-refractivity contribution is -0.129. The zero-order valence-electron chi connectivity index (χ0n) is 10.0. The molecule has 0 aliphatic carbocycles. The van der Waals surface area contributed by atoms with Crippen molar-refractivity contribution in [1.29, 1.82) is 0 Å². The number of carbonyl (C=O) groups is 1. The highest BCUT2D eigenvalue weighted by Gasteiger charge is 2.24. The van der Waals surface area contributed by atoms with Crippen LogP contribution in [0.5, 0.6) is 0 Å². The number of amides is 1. The van der Waals surface area contributed by atoms with Crippen LogP contribution >= 0.6 is 15.9 Å². The summed E-state index contributed by atoms with van der Waals surface area (Å²) in [7, 11) is 0. The van der Waals surface area contributed by atoms with Crippen molar-refractivity contribution in [3.8, 4) is 0 Å². The van der Waals surface area contributed by atoms with E-state index in [1.807, 2.05) is 11.8 Å². The third kappa shape index (κ3) is 3.33. The molecule has 3 heteroatoms. The Balaban J connectivity index is 2.62. The smallest absolute Gasteiger partial charge is 0.236 e. The van der Waals surface area contributed by atoms with Gasteiger partial charge in [-0.2, -0.15) is 0 Å². The lowest BCUT2D eigenvalue weighted by Crippen LogP contribution is -2.39. The third-order valence-electron chi connectivity index (χ3n) is 2.82. The molecule has 0 fully saturated rings. The van der Waals surface area contributed by atoms with Crippen LogP contribution in [-0.4, -0.2) is 28.7 Å². The van der Waals surface area contributed by atoms with Crippen LogP contribution < -0.4 is 0 Å². The number of carbonyl (C=O) groups excluding carboxylic acids is 1. The monoisotopic (exact) mass is 273 g/mol. The van der Waals surface area contributed by atoms with E-state index in [0.29, 0.717) is 0 Å². The van der Waals surface area contributed by atoms with Crippen LogP contribution in [0, 0.1) is 5.41 Å². The number of hydrogen-bond acceptors (Lipinski definition) is 1. The minimum atomic E-state index is -0.0675. The van der Waals surface area contributed by atoms with Gasteiger partial charge in [-0.3, -0.25) is 4.79 Å². The second-order valence-corrected chi connectivity index (χ2v) is 6.50. The molecule has 1 aliphatic rings. The normalized spacial score (nSPS) is 19.8. The molecule has 1 amide bonds. The number of halogens is 1. The maximum absolute atomic E-state index is 11.7. The quantitative estimate of drug-likeness (QED) is 0.531. The summed E-state index contributed by atoms with van der Waals surface area (Å²) in [5, 5.41) is 0. The minimum Gasteiger partial charge on any atom is -0.338 e. The Morgan fingerprint density at radius 3 is 2.47 bits per heavy atom. The maximum atomic E-state index is 11.7. The Hall–Kier alpha value is -0.310. The fourth-order valence-corrected chi connectivity index (χ4v) is 2.09. The molecule has 86 valence electrons. The van der Waals surface area contributed by atoms with Gasteiger partial charge in [-0.1, -0.05) is 48.4 Å². The van der Waals surface area contributed by atoms with Crippen LogP contribution in [0.25, 0.3) is 0 Å². The second-order valence-electron chi connectivity index (χ2n) is 5.13. The van der Waals surface area contributed by atoms with E-state index >= 15 is 0 Å². The van der Waals surface area contributed by atoms with Crippen molar-refractivity contribution < 1.29 is 4.79 Å². The van der Waals surface area contributed by atoms with Crippen molar-refractivity contribution in [3.05, 3.63) is 11.6 Å². The molecule has 1 heterocycles. The molecule has 0 aromatic rings. The minimum absolute atomic E-state index is 0.0675. The van der Waals surface area contributed by atoms with Crippen LogP contribution in [0.1, 0.15) is 34.1 Å². The molecule has 1 unspecified atom stereocenters. The Bertz CT molecular complexity index is 276. The highest BCUT2D eigenvalue weighted by molar-refractivity contribution is 9.10.